The Bertz CT molecular complexity index is 666. The molecule has 7 heteroatoms. The van der Waals surface area contributed by atoms with Crippen LogP contribution < -0.4 is 16.0 Å². The summed E-state index contributed by atoms with van der Waals surface area (Å²) < 4.78 is 0. The molecule has 1 aromatic carbocycles. The van der Waals surface area contributed by atoms with Crippen LogP contribution in [0.15, 0.2) is 41.1 Å². The minimum atomic E-state index is -0.734. The van der Waals surface area contributed by atoms with E-state index in [9.17, 15) is 14.4 Å². The van der Waals surface area contributed by atoms with Crippen molar-refractivity contribution in [2.45, 2.75) is 13.5 Å². The highest BCUT2D eigenvalue weighted by Crippen LogP contribution is 2.13. The van der Waals surface area contributed by atoms with E-state index >= 15 is 0 Å². The first-order valence-corrected chi connectivity index (χ1v) is 7.47. The second-order valence-corrected chi connectivity index (χ2v) is 5.31. The number of carbonyl (C=O) groups excluding carboxylic acids is 3. The van der Waals surface area contributed by atoms with Crippen molar-refractivity contribution in [3.63, 3.8) is 0 Å². The molecule has 0 fully saturated rings. The molecule has 114 valence electrons. The molecule has 0 radical (unpaired) electrons. The van der Waals surface area contributed by atoms with Gasteiger partial charge in [0.25, 0.3) is 0 Å². The van der Waals surface area contributed by atoms with Gasteiger partial charge in [0.1, 0.15) is 0 Å². The molecule has 0 atom stereocenters. The van der Waals surface area contributed by atoms with Gasteiger partial charge in [-0.2, -0.15) is 11.3 Å². The first kappa shape index (κ1) is 15.7. The number of amides is 3. The van der Waals surface area contributed by atoms with E-state index in [-0.39, 0.29) is 5.91 Å². The van der Waals surface area contributed by atoms with Crippen molar-refractivity contribution in [1.29, 1.82) is 0 Å². The van der Waals surface area contributed by atoms with Crippen molar-refractivity contribution in [3.8, 4) is 0 Å². The van der Waals surface area contributed by atoms with E-state index in [1.165, 1.54) is 18.3 Å². The molecule has 0 saturated heterocycles. The number of carbonyl (C=O) groups is 3. The SMILES string of the molecule is CC(=O)Nc1ccc(NC(=O)C(=O)NCc2ccsc2)cc1. The third-order valence-electron chi connectivity index (χ3n) is 2.70. The molecule has 22 heavy (non-hydrogen) atoms. The summed E-state index contributed by atoms with van der Waals surface area (Å²) in [5, 5.41) is 11.4. The van der Waals surface area contributed by atoms with E-state index in [0.29, 0.717) is 17.9 Å². The minimum Gasteiger partial charge on any atom is -0.344 e. The van der Waals surface area contributed by atoms with Gasteiger partial charge in [0, 0.05) is 24.8 Å². The Kier molecular flexibility index (Phi) is 5.26. The summed E-state index contributed by atoms with van der Waals surface area (Å²) in [6, 6.07) is 8.37. The predicted octanol–water partition coefficient (Wildman–Crippen LogP) is 1.96. The first-order chi connectivity index (χ1) is 10.5. The van der Waals surface area contributed by atoms with Crippen molar-refractivity contribution in [2.24, 2.45) is 0 Å². The Morgan fingerprint density at radius 3 is 2.14 bits per heavy atom. The van der Waals surface area contributed by atoms with Crippen molar-refractivity contribution in [1.82, 2.24) is 5.32 Å². The fourth-order valence-electron chi connectivity index (χ4n) is 1.68. The van der Waals surface area contributed by atoms with Crippen LogP contribution in [0.1, 0.15) is 12.5 Å². The highest BCUT2D eigenvalue weighted by molar-refractivity contribution is 7.07. The Balaban J connectivity index is 1.85. The van der Waals surface area contributed by atoms with Gasteiger partial charge in [-0.25, -0.2) is 0 Å². The van der Waals surface area contributed by atoms with Crippen molar-refractivity contribution >= 4 is 40.4 Å². The van der Waals surface area contributed by atoms with Gasteiger partial charge in [-0.15, -0.1) is 0 Å². The second kappa shape index (κ2) is 7.37. The van der Waals surface area contributed by atoms with Crippen LogP contribution in [0.5, 0.6) is 0 Å². The average Bonchev–Trinajstić information content (AvgIpc) is 2.99. The van der Waals surface area contributed by atoms with E-state index in [2.05, 4.69) is 16.0 Å². The molecule has 2 rings (SSSR count). The summed E-state index contributed by atoms with van der Waals surface area (Å²) >= 11 is 1.53. The zero-order chi connectivity index (χ0) is 15.9. The topological polar surface area (TPSA) is 87.3 Å². The summed E-state index contributed by atoms with van der Waals surface area (Å²) in [5.74, 6) is -1.61. The molecule has 0 saturated carbocycles. The number of anilines is 2. The maximum Gasteiger partial charge on any atom is 0.313 e. The lowest BCUT2D eigenvalue weighted by Crippen LogP contribution is -2.34. The van der Waals surface area contributed by atoms with Crippen molar-refractivity contribution in [3.05, 3.63) is 46.7 Å². The van der Waals surface area contributed by atoms with Gasteiger partial charge in [0.2, 0.25) is 5.91 Å². The van der Waals surface area contributed by atoms with Crippen LogP contribution in [0.25, 0.3) is 0 Å². The van der Waals surface area contributed by atoms with Gasteiger partial charge >= 0.3 is 11.8 Å². The molecule has 0 aliphatic heterocycles. The molecule has 0 aliphatic carbocycles. The Morgan fingerprint density at radius 2 is 1.59 bits per heavy atom. The van der Waals surface area contributed by atoms with E-state index in [1.807, 2.05) is 16.8 Å². The van der Waals surface area contributed by atoms with Gasteiger partial charge in [0.05, 0.1) is 0 Å². The maximum atomic E-state index is 11.7. The molecule has 0 bridgehead atoms. The lowest BCUT2D eigenvalue weighted by Gasteiger charge is -2.07. The zero-order valence-electron chi connectivity index (χ0n) is 11.9. The lowest BCUT2D eigenvalue weighted by molar-refractivity contribution is -0.136. The van der Waals surface area contributed by atoms with Crippen LogP contribution in [-0.2, 0) is 20.9 Å². The molecule has 6 nitrogen and oxygen atoms in total. The molecule has 1 aromatic heterocycles. The lowest BCUT2D eigenvalue weighted by atomic mass is 10.2. The minimum absolute atomic E-state index is 0.176. The van der Waals surface area contributed by atoms with E-state index in [1.54, 1.807) is 24.3 Å². The number of thiophene rings is 1. The highest BCUT2D eigenvalue weighted by Gasteiger charge is 2.13. The summed E-state index contributed by atoms with van der Waals surface area (Å²) in [5.41, 5.74) is 2.04. The zero-order valence-corrected chi connectivity index (χ0v) is 12.7. The third kappa shape index (κ3) is 4.71. The molecular weight excluding hydrogens is 302 g/mol. The summed E-state index contributed by atoms with van der Waals surface area (Å²) in [7, 11) is 0. The van der Waals surface area contributed by atoms with Gasteiger partial charge in [-0.1, -0.05) is 0 Å². The van der Waals surface area contributed by atoms with Crippen molar-refractivity contribution in [2.75, 3.05) is 10.6 Å². The van der Waals surface area contributed by atoms with E-state index in [0.717, 1.165) is 5.56 Å². The second-order valence-electron chi connectivity index (χ2n) is 4.53. The molecular formula is C15H15N3O3S. The maximum absolute atomic E-state index is 11.7. The number of benzene rings is 1. The van der Waals surface area contributed by atoms with Crippen LogP contribution in [0.2, 0.25) is 0 Å². The first-order valence-electron chi connectivity index (χ1n) is 6.52. The van der Waals surface area contributed by atoms with Crippen LogP contribution in [0.3, 0.4) is 0 Å². The number of rotatable bonds is 4. The fraction of sp³-hybridized carbons (Fsp3) is 0.133. The van der Waals surface area contributed by atoms with Crippen LogP contribution >= 0.6 is 11.3 Å². The standard InChI is InChI=1S/C15H15N3O3S/c1-10(19)17-12-2-4-13(5-3-12)18-15(21)14(20)16-8-11-6-7-22-9-11/h2-7,9H,8H2,1H3,(H,16,20)(H,17,19)(H,18,21). The molecule has 3 amide bonds. The smallest absolute Gasteiger partial charge is 0.313 e. The quantitative estimate of drug-likeness (QED) is 0.753. The molecule has 3 N–H and O–H groups in total. The third-order valence-corrected chi connectivity index (χ3v) is 3.43. The molecule has 0 spiro atoms. The monoisotopic (exact) mass is 317 g/mol. The average molecular weight is 317 g/mol. The fourth-order valence-corrected chi connectivity index (χ4v) is 2.35. The molecule has 0 unspecified atom stereocenters. The Labute approximate surface area is 131 Å². The van der Waals surface area contributed by atoms with Crippen LogP contribution in [-0.4, -0.2) is 17.7 Å². The number of hydrogen-bond donors (Lipinski definition) is 3. The Morgan fingerprint density at radius 1 is 0.955 bits per heavy atom. The molecule has 0 aliphatic rings. The highest BCUT2D eigenvalue weighted by atomic mass is 32.1. The van der Waals surface area contributed by atoms with Gasteiger partial charge < -0.3 is 16.0 Å². The van der Waals surface area contributed by atoms with Gasteiger partial charge in [-0.3, -0.25) is 14.4 Å². The number of nitrogens with one attached hydrogen (secondary N) is 3. The summed E-state index contributed by atoms with van der Waals surface area (Å²) in [4.78, 5) is 34.3. The summed E-state index contributed by atoms with van der Waals surface area (Å²) in [6.07, 6.45) is 0. The predicted molar refractivity (Wildman–Crippen MR) is 85.5 cm³/mol. The normalized spacial score (nSPS) is 9.86. The largest absolute Gasteiger partial charge is 0.344 e. The van der Waals surface area contributed by atoms with E-state index in [4.69, 9.17) is 0 Å². The van der Waals surface area contributed by atoms with Crippen molar-refractivity contribution < 1.29 is 14.4 Å². The van der Waals surface area contributed by atoms with Crippen LogP contribution in [0, 0.1) is 0 Å². The van der Waals surface area contributed by atoms with Gasteiger partial charge in [-0.05, 0) is 46.7 Å². The molecule has 1 heterocycles. The number of hydrogen-bond acceptors (Lipinski definition) is 4. The van der Waals surface area contributed by atoms with Crippen LogP contribution in [0.4, 0.5) is 11.4 Å². The Hall–Kier alpha value is -2.67. The summed E-state index contributed by atoms with van der Waals surface area (Å²) in [6.45, 7) is 1.73. The van der Waals surface area contributed by atoms with E-state index < -0.39 is 11.8 Å². The molecule has 2 aromatic rings. The van der Waals surface area contributed by atoms with Gasteiger partial charge in [0.15, 0.2) is 0 Å².